The fourth-order valence-corrected chi connectivity index (χ4v) is 0.679. The van der Waals surface area contributed by atoms with E-state index in [-0.39, 0.29) is 0 Å². The molecule has 0 radical (unpaired) electrons. The van der Waals surface area contributed by atoms with Crippen LogP contribution in [-0.2, 0) is 9.53 Å². The molecule has 1 atom stereocenters. The molecule has 11 heavy (non-hydrogen) atoms. The SMILES string of the molecule is C=CC[C@](N)(C=C)C(=O)OC. The van der Waals surface area contributed by atoms with E-state index >= 15 is 0 Å². The van der Waals surface area contributed by atoms with Gasteiger partial charge in [0.2, 0.25) is 0 Å². The minimum absolute atomic E-state index is 0.336. The zero-order chi connectivity index (χ0) is 8.91. The lowest BCUT2D eigenvalue weighted by Gasteiger charge is -2.19. The molecular weight excluding hydrogens is 142 g/mol. The summed E-state index contributed by atoms with van der Waals surface area (Å²) in [5, 5.41) is 0. The average Bonchev–Trinajstić information content (AvgIpc) is 2.03. The lowest BCUT2D eigenvalue weighted by atomic mass is 9.97. The van der Waals surface area contributed by atoms with Crippen LogP contribution < -0.4 is 5.73 Å². The van der Waals surface area contributed by atoms with Crippen molar-refractivity contribution in [2.75, 3.05) is 7.11 Å². The first-order valence-corrected chi connectivity index (χ1v) is 3.22. The summed E-state index contributed by atoms with van der Waals surface area (Å²) in [5.41, 5.74) is 4.48. The van der Waals surface area contributed by atoms with Gasteiger partial charge in [0.15, 0.2) is 0 Å². The molecule has 0 heterocycles. The number of esters is 1. The van der Waals surface area contributed by atoms with E-state index in [1.54, 1.807) is 6.08 Å². The normalized spacial score (nSPS) is 14.7. The Labute approximate surface area is 66.5 Å². The van der Waals surface area contributed by atoms with Gasteiger partial charge in [0.1, 0.15) is 5.54 Å². The predicted octanol–water partition coefficient (Wildman–Crippen LogP) is 0.619. The van der Waals surface area contributed by atoms with E-state index in [2.05, 4.69) is 17.9 Å². The van der Waals surface area contributed by atoms with Crippen LogP contribution in [-0.4, -0.2) is 18.6 Å². The summed E-state index contributed by atoms with van der Waals surface area (Å²) >= 11 is 0. The highest BCUT2D eigenvalue weighted by Gasteiger charge is 2.29. The molecule has 0 rings (SSSR count). The van der Waals surface area contributed by atoms with Gasteiger partial charge >= 0.3 is 5.97 Å². The second kappa shape index (κ2) is 3.93. The first kappa shape index (κ1) is 9.91. The number of hydrogen-bond donors (Lipinski definition) is 1. The zero-order valence-corrected chi connectivity index (χ0v) is 6.67. The molecule has 0 aliphatic rings. The van der Waals surface area contributed by atoms with Gasteiger partial charge in [0.05, 0.1) is 7.11 Å². The van der Waals surface area contributed by atoms with Crippen molar-refractivity contribution in [3.05, 3.63) is 25.3 Å². The summed E-state index contributed by atoms with van der Waals surface area (Å²) in [5.74, 6) is -0.493. The van der Waals surface area contributed by atoms with Crippen LogP contribution in [0, 0.1) is 0 Å². The van der Waals surface area contributed by atoms with Gasteiger partial charge in [0.25, 0.3) is 0 Å². The zero-order valence-electron chi connectivity index (χ0n) is 6.67. The third-order valence-electron chi connectivity index (χ3n) is 1.41. The number of methoxy groups -OCH3 is 1. The molecule has 2 N–H and O–H groups in total. The van der Waals surface area contributed by atoms with Gasteiger partial charge in [-0.2, -0.15) is 0 Å². The molecule has 0 saturated heterocycles. The van der Waals surface area contributed by atoms with Crippen molar-refractivity contribution < 1.29 is 9.53 Å². The third kappa shape index (κ3) is 2.20. The Kier molecular flexibility index (Phi) is 3.54. The van der Waals surface area contributed by atoms with Gasteiger partial charge in [-0.15, -0.1) is 13.2 Å². The third-order valence-corrected chi connectivity index (χ3v) is 1.41. The number of rotatable bonds is 4. The monoisotopic (exact) mass is 155 g/mol. The fraction of sp³-hybridized carbons (Fsp3) is 0.375. The van der Waals surface area contributed by atoms with Crippen molar-refractivity contribution in [1.29, 1.82) is 0 Å². The minimum Gasteiger partial charge on any atom is -0.467 e. The topological polar surface area (TPSA) is 52.3 Å². The molecule has 0 spiro atoms. The van der Waals surface area contributed by atoms with Gasteiger partial charge in [-0.1, -0.05) is 12.2 Å². The van der Waals surface area contributed by atoms with Crippen LogP contribution in [0.2, 0.25) is 0 Å². The molecule has 0 saturated carbocycles. The minimum atomic E-state index is -1.11. The maximum Gasteiger partial charge on any atom is 0.330 e. The number of carbonyl (C=O) groups excluding carboxylic acids is 1. The maximum absolute atomic E-state index is 11.0. The van der Waals surface area contributed by atoms with E-state index < -0.39 is 11.5 Å². The second-order valence-electron chi connectivity index (χ2n) is 2.23. The van der Waals surface area contributed by atoms with E-state index in [0.29, 0.717) is 6.42 Å². The molecule has 0 fully saturated rings. The molecule has 3 nitrogen and oxygen atoms in total. The quantitative estimate of drug-likeness (QED) is 0.478. The lowest BCUT2D eigenvalue weighted by molar-refractivity contribution is -0.145. The van der Waals surface area contributed by atoms with Crippen LogP contribution >= 0.6 is 0 Å². The molecule has 0 aromatic carbocycles. The molecule has 0 bridgehead atoms. The molecule has 0 aromatic rings. The molecule has 3 heteroatoms. The van der Waals surface area contributed by atoms with E-state index in [0.717, 1.165) is 0 Å². The van der Waals surface area contributed by atoms with Crippen molar-refractivity contribution in [3.8, 4) is 0 Å². The summed E-state index contributed by atoms with van der Waals surface area (Å²) in [6.45, 7) is 6.92. The van der Waals surface area contributed by atoms with Crippen LogP contribution in [0.4, 0.5) is 0 Å². The predicted molar refractivity (Wildman–Crippen MR) is 43.9 cm³/mol. The molecular formula is C8H13NO2. The standard InChI is InChI=1S/C8H13NO2/c1-4-6-8(9,5-2)7(10)11-3/h4-5H,1-2,6,9H2,3H3/t8-/m1/s1. The van der Waals surface area contributed by atoms with Crippen molar-refractivity contribution in [1.82, 2.24) is 0 Å². The lowest BCUT2D eigenvalue weighted by Crippen LogP contribution is -2.46. The van der Waals surface area contributed by atoms with Crippen molar-refractivity contribution in [3.63, 3.8) is 0 Å². The summed E-state index contributed by atoms with van der Waals surface area (Å²) < 4.78 is 4.48. The molecule has 0 aliphatic heterocycles. The maximum atomic E-state index is 11.0. The Morgan fingerprint density at radius 1 is 1.73 bits per heavy atom. The summed E-state index contributed by atoms with van der Waals surface area (Å²) in [4.78, 5) is 11.0. The number of carbonyl (C=O) groups is 1. The molecule has 0 aliphatic carbocycles. The van der Waals surface area contributed by atoms with Gasteiger partial charge in [-0.3, -0.25) is 0 Å². The van der Waals surface area contributed by atoms with Gasteiger partial charge in [0, 0.05) is 0 Å². The van der Waals surface area contributed by atoms with Gasteiger partial charge < -0.3 is 10.5 Å². The molecule has 0 amide bonds. The first-order valence-electron chi connectivity index (χ1n) is 3.22. The first-order chi connectivity index (χ1) is 5.10. The highest BCUT2D eigenvalue weighted by molar-refractivity contribution is 5.83. The van der Waals surface area contributed by atoms with Crippen molar-refractivity contribution in [2.45, 2.75) is 12.0 Å². The molecule has 0 unspecified atom stereocenters. The van der Waals surface area contributed by atoms with Crippen LogP contribution in [0.3, 0.4) is 0 Å². The van der Waals surface area contributed by atoms with E-state index in [9.17, 15) is 4.79 Å². The van der Waals surface area contributed by atoms with Crippen LogP contribution in [0.15, 0.2) is 25.3 Å². The van der Waals surface area contributed by atoms with E-state index in [1.165, 1.54) is 13.2 Å². The Balaban J connectivity index is 4.43. The summed E-state index contributed by atoms with van der Waals surface area (Å²) in [6.07, 6.45) is 3.25. The van der Waals surface area contributed by atoms with Gasteiger partial charge in [-0.25, -0.2) is 4.79 Å². The van der Waals surface area contributed by atoms with Crippen molar-refractivity contribution in [2.24, 2.45) is 5.73 Å². The van der Waals surface area contributed by atoms with Crippen LogP contribution in [0.1, 0.15) is 6.42 Å². The Morgan fingerprint density at radius 3 is 2.55 bits per heavy atom. The van der Waals surface area contributed by atoms with Gasteiger partial charge in [-0.05, 0) is 6.42 Å². The molecule has 0 aromatic heterocycles. The smallest absolute Gasteiger partial charge is 0.330 e. The Hall–Kier alpha value is -1.09. The van der Waals surface area contributed by atoms with Crippen LogP contribution in [0.5, 0.6) is 0 Å². The molecule has 62 valence electrons. The average molecular weight is 155 g/mol. The Morgan fingerprint density at radius 2 is 2.27 bits per heavy atom. The number of nitrogens with two attached hydrogens (primary N) is 1. The van der Waals surface area contributed by atoms with E-state index in [1.807, 2.05) is 0 Å². The van der Waals surface area contributed by atoms with Crippen molar-refractivity contribution >= 4 is 5.97 Å². The highest BCUT2D eigenvalue weighted by atomic mass is 16.5. The fourth-order valence-electron chi connectivity index (χ4n) is 0.679. The van der Waals surface area contributed by atoms with Crippen LogP contribution in [0.25, 0.3) is 0 Å². The highest BCUT2D eigenvalue weighted by Crippen LogP contribution is 2.10. The largest absolute Gasteiger partial charge is 0.467 e. The summed E-state index contributed by atoms with van der Waals surface area (Å²) in [7, 11) is 1.29. The number of ether oxygens (including phenoxy) is 1. The Bertz CT molecular complexity index is 177. The summed E-state index contributed by atoms with van der Waals surface area (Å²) in [6, 6.07) is 0. The van der Waals surface area contributed by atoms with E-state index in [4.69, 9.17) is 5.73 Å². The second-order valence-corrected chi connectivity index (χ2v) is 2.23. The number of hydrogen-bond acceptors (Lipinski definition) is 3.